The van der Waals surface area contributed by atoms with Gasteiger partial charge in [0, 0.05) is 11.9 Å². The number of benzene rings is 1. The molecule has 0 spiro atoms. The molecule has 122 valence electrons. The van der Waals surface area contributed by atoms with Crippen LogP contribution in [0.2, 0.25) is 10.0 Å². The Morgan fingerprint density at radius 3 is 2.79 bits per heavy atom. The van der Waals surface area contributed by atoms with Gasteiger partial charge in [0.05, 0.1) is 22.9 Å². The van der Waals surface area contributed by atoms with Crippen molar-refractivity contribution in [1.82, 2.24) is 15.3 Å². The van der Waals surface area contributed by atoms with Gasteiger partial charge in [0.15, 0.2) is 0 Å². The zero-order valence-corrected chi connectivity index (χ0v) is 13.8. The first kappa shape index (κ1) is 16.3. The Labute approximate surface area is 147 Å². The fourth-order valence-electron chi connectivity index (χ4n) is 1.92. The summed E-state index contributed by atoms with van der Waals surface area (Å²) in [5, 5.41) is 6.56. The van der Waals surface area contributed by atoms with E-state index in [-0.39, 0.29) is 24.1 Å². The van der Waals surface area contributed by atoms with Gasteiger partial charge in [0.1, 0.15) is 11.5 Å². The molecule has 24 heavy (non-hydrogen) atoms. The highest BCUT2D eigenvalue weighted by molar-refractivity contribution is 6.42. The first-order valence-corrected chi connectivity index (χ1v) is 7.73. The number of furan rings is 1. The third-order valence-electron chi connectivity index (χ3n) is 3.07. The minimum absolute atomic E-state index is 0.235. The molecule has 1 amide bonds. The van der Waals surface area contributed by atoms with Gasteiger partial charge < -0.3 is 15.1 Å². The molecular weight excluding hydrogens is 351 g/mol. The monoisotopic (exact) mass is 362 g/mol. The van der Waals surface area contributed by atoms with Crippen molar-refractivity contribution in [3.63, 3.8) is 0 Å². The Morgan fingerprint density at radius 1 is 1.17 bits per heavy atom. The van der Waals surface area contributed by atoms with E-state index in [0.717, 1.165) is 0 Å². The average Bonchev–Trinajstić information content (AvgIpc) is 3.10. The lowest BCUT2D eigenvalue weighted by Gasteiger charge is -2.07. The maximum absolute atomic E-state index is 12.1. The summed E-state index contributed by atoms with van der Waals surface area (Å²) in [5.74, 6) is 0.608. The van der Waals surface area contributed by atoms with E-state index in [2.05, 4.69) is 20.6 Å². The molecule has 0 saturated carbocycles. The molecule has 6 nitrogen and oxygen atoms in total. The second-order valence-electron chi connectivity index (χ2n) is 4.78. The average molecular weight is 363 g/mol. The van der Waals surface area contributed by atoms with E-state index >= 15 is 0 Å². The van der Waals surface area contributed by atoms with E-state index in [4.69, 9.17) is 27.6 Å². The zero-order valence-electron chi connectivity index (χ0n) is 12.3. The van der Waals surface area contributed by atoms with Crippen LogP contribution in [0.15, 0.2) is 53.3 Å². The van der Waals surface area contributed by atoms with Crippen molar-refractivity contribution in [2.24, 2.45) is 0 Å². The Morgan fingerprint density at radius 2 is 2.04 bits per heavy atom. The van der Waals surface area contributed by atoms with Crippen molar-refractivity contribution in [3.05, 3.63) is 70.4 Å². The van der Waals surface area contributed by atoms with Gasteiger partial charge in [-0.15, -0.1) is 0 Å². The summed E-state index contributed by atoms with van der Waals surface area (Å²) >= 11 is 11.8. The van der Waals surface area contributed by atoms with Gasteiger partial charge in [-0.1, -0.05) is 23.2 Å². The summed E-state index contributed by atoms with van der Waals surface area (Å²) in [7, 11) is 0. The van der Waals surface area contributed by atoms with Gasteiger partial charge in [-0.3, -0.25) is 4.79 Å². The van der Waals surface area contributed by atoms with E-state index in [1.807, 2.05) is 0 Å². The van der Waals surface area contributed by atoms with E-state index in [9.17, 15) is 4.79 Å². The van der Waals surface area contributed by atoms with E-state index in [1.54, 1.807) is 36.6 Å². The Hall–Kier alpha value is -2.57. The van der Waals surface area contributed by atoms with Crippen molar-refractivity contribution >= 4 is 40.7 Å². The lowest BCUT2D eigenvalue weighted by Crippen LogP contribution is -2.23. The summed E-state index contributed by atoms with van der Waals surface area (Å²) < 4.78 is 5.16. The van der Waals surface area contributed by atoms with Crippen LogP contribution in [0.1, 0.15) is 16.2 Å². The van der Waals surface area contributed by atoms with Gasteiger partial charge in [0.2, 0.25) is 5.95 Å². The normalized spacial score (nSPS) is 10.4. The Bertz CT molecular complexity index is 853. The highest BCUT2D eigenvalue weighted by Crippen LogP contribution is 2.26. The molecule has 0 atom stereocenters. The van der Waals surface area contributed by atoms with E-state index < -0.39 is 0 Å². The Balaban J connectivity index is 1.68. The van der Waals surface area contributed by atoms with Gasteiger partial charge in [0.25, 0.3) is 5.91 Å². The van der Waals surface area contributed by atoms with Crippen LogP contribution >= 0.6 is 23.2 Å². The number of nitrogens with zero attached hydrogens (tertiary/aromatic N) is 2. The molecule has 0 aliphatic rings. The highest BCUT2D eigenvalue weighted by Gasteiger charge is 2.10. The fourth-order valence-corrected chi connectivity index (χ4v) is 2.22. The van der Waals surface area contributed by atoms with Crippen LogP contribution in [-0.2, 0) is 6.54 Å². The fraction of sp³-hybridized carbons (Fsp3) is 0.0625. The highest BCUT2D eigenvalue weighted by atomic mass is 35.5. The minimum Gasteiger partial charge on any atom is -0.467 e. The van der Waals surface area contributed by atoms with Crippen LogP contribution in [0.25, 0.3) is 0 Å². The maximum Gasteiger partial charge on any atom is 0.270 e. The van der Waals surface area contributed by atoms with Gasteiger partial charge >= 0.3 is 0 Å². The smallest absolute Gasteiger partial charge is 0.270 e. The molecule has 0 unspecified atom stereocenters. The van der Waals surface area contributed by atoms with Gasteiger partial charge in [-0.05, 0) is 36.4 Å². The molecular formula is C16H12Cl2N4O2. The van der Waals surface area contributed by atoms with Gasteiger partial charge in [-0.2, -0.15) is 0 Å². The Kier molecular flexibility index (Phi) is 4.98. The zero-order chi connectivity index (χ0) is 16.9. The lowest BCUT2D eigenvalue weighted by molar-refractivity contribution is 0.0943. The van der Waals surface area contributed by atoms with Crippen LogP contribution < -0.4 is 10.6 Å². The van der Waals surface area contributed by atoms with Crippen molar-refractivity contribution in [3.8, 4) is 0 Å². The molecule has 1 aromatic carbocycles. The topological polar surface area (TPSA) is 80.0 Å². The van der Waals surface area contributed by atoms with Crippen molar-refractivity contribution < 1.29 is 9.21 Å². The molecule has 0 fully saturated rings. The third-order valence-corrected chi connectivity index (χ3v) is 3.81. The summed E-state index contributed by atoms with van der Waals surface area (Å²) in [4.78, 5) is 20.4. The molecule has 2 aromatic heterocycles. The number of amides is 1. The van der Waals surface area contributed by atoms with Crippen LogP contribution in [-0.4, -0.2) is 15.9 Å². The molecule has 0 aliphatic carbocycles. The van der Waals surface area contributed by atoms with Crippen LogP contribution in [0, 0.1) is 0 Å². The number of nitrogens with one attached hydrogen (secondary N) is 2. The SMILES string of the molecule is O=C(NCc1ccco1)c1ccnc(Nc2ccc(Cl)c(Cl)c2)n1. The molecule has 0 bridgehead atoms. The van der Waals surface area contributed by atoms with Gasteiger partial charge in [-0.25, -0.2) is 9.97 Å². The molecule has 0 saturated heterocycles. The molecule has 2 heterocycles. The summed E-state index contributed by atoms with van der Waals surface area (Å²) in [5.41, 5.74) is 0.900. The van der Waals surface area contributed by atoms with E-state index in [1.165, 1.54) is 12.3 Å². The molecule has 0 radical (unpaired) electrons. The first-order chi connectivity index (χ1) is 11.6. The van der Waals surface area contributed by atoms with E-state index in [0.29, 0.717) is 21.5 Å². The van der Waals surface area contributed by atoms with Crippen LogP contribution in [0.5, 0.6) is 0 Å². The molecule has 3 aromatic rings. The molecule has 3 rings (SSSR count). The third kappa shape index (κ3) is 4.04. The second kappa shape index (κ2) is 7.33. The number of rotatable bonds is 5. The molecule has 2 N–H and O–H groups in total. The summed E-state index contributed by atoms with van der Waals surface area (Å²) in [6.45, 7) is 0.283. The summed E-state index contributed by atoms with van der Waals surface area (Å²) in [6, 6.07) is 10.1. The van der Waals surface area contributed by atoms with Crippen LogP contribution in [0.3, 0.4) is 0 Å². The minimum atomic E-state index is -0.328. The number of carbonyl (C=O) groups is 1. The molecule has 8 heteroatoms. The number of carbonyl (C=O) groups excluding carboxylic acids is 1. The first-order valence-electron chi connectivity index (χ1n) is 6.97. The quantitative estimate of drug-likeness (QED) is 0.715. The number of anilines is 2. The molecule has 0 aliphatic heterocycles. The lowest BCUT2D eigenvalue weighted by atomic mass is 10.3. The van der Waals surface area contributed by atoms with Crippen molar-refractivity contribution in [2.45, 2.75) is 6.54 Å². The second-order valence-corrected chi connectivity index (χ2v) is 5.60. The standard InChI is InChI=1S/C16H12Cl2N4O2/c17-12-4-3-10(8-13(12)18)21-16-19-6-5-14(22-16)15(23)20-9-11-2-1-7-24-11/h1-8H,9H2,(H,20,23)(H,19,21,22). The predicted octanol–water partition coefficient (Wildman–Crippen LogP) is 4.05. The van der Waals surface area contributed by atoms with Crippen molar-refractivity contribution in [1.29, 1.82) is 0 Å². The predicted molar refractivity (Wildman–Crippen MR) is 91.7 cm³/mol. The summed E-state index contributed by atoms with van der Waals surface area (Å²) in [6.07, 6.45) is 3.04. The number of hydrogen-bond donors (Lipinski definition) is 2. The number of hydrogen-bond acceptors (Lipinski definition) is 5. The maximum atomic E-state index is 12.1. The largest absolute Gasteiger partial charge is 0.467 e. The van der Waals surface area contributed by atoms with Crippen molar-refractivity contribution in [2.75, 3.05) is 5.32 Å². The van der Waals surface area contributed by atoms with Crippen LogP contribution in [0.4, 0.5) is 11.6 Å². The number of halogens is 2. The number of aromatic nitrogens is 2.